The number of aromatic amines is 1. The number of carbonyl (C=O) groups excluding carboxylic acids is 1. The summed E-state index contributed by atoms with van der Waals surface area (Å²) in [5.41, 5.74) is 6.59. The summed E-state index contributed by atoms with van der Waals surface area (Å²) in [5, 5.41) is 26.6. The second kappa shape index (κ2) is 16.3. The van der Waals surface area contributed by atoms with Gasteiger partial charge in [-0.15, -0.1) is 0 Å². The highest BCUT2D eigenvalue weighted by atomic mass is 16.4. The number of fused-ring (bicyclic) bond motifs is 1. The molecule has 0 fully saturated rings. The van der Waals surface area contributed by atoms with Crippen molar-refractivity contribution < 1.29 is 52.0 Å². The number of aliphatic carboxylic acids is 2. The van der Waals surface area contributed by atoms with Crippen LogP contribution in [0, 0.1) is 0 Å². The number of likely N-dealkylation sites (N-methyl/N-ethyl adjacent to an activating group) is 1. The SMILES string of the molecule is CN1c2c(nc(N)[nH]c2=O)NC[C@@H]1CNc1ccc(C(=O)N[C@@H](CCC(=O)O)C(=O)O)cc1.O.O.O.O.O. The number of nitrogen functional groups attached to an aromatic ring is 1. The molecule has 2 aromatic rings. The molecule has 18 N–H and O–H groups in total. The van der Waals surface area contributed by atoms with Crippen LogP contribution in [0.2, 0.25) is 0 Å². The van der Waals surface area contributed by atoms with Crippen LogP contribution in [0.3, 0.4) is 0 Å². The third-order valence-corrected chi connectivity index (χ3v) is 5.26. The van der Waals surface area contributed by atoms with Gasteiger partial charge in [0.05, 0.1) is 6.04 Å². The van der Waals surface area contributed by atoms with Crippen molar-refractivity contribution in [2.45, 2.75) is 24.9 Å². The third-order valence-electron chi connectivity index (χ3n) is 5.26. The number of hydrogen-bond donors (Lipinski definition) is 7. The zero-order valence-electron chi connectivity index (χ0n) is 20.3. The van der Waals surface area contributed by atoms with E-state index in [-0.39, 0.29) is 63.3 Å². The number of amides is 1. The lowest BCUT2D eigenvalue weighted by Crippen LogP contribution is -2.48. The van der Waals surface area contributed by atoms with E-state index in [0.29, 0.717) is 24.6 Å². The van der Waals surface area contributed by atoms with E-state index in [1.807, 2.05) is 4.90 Å². The van der Waals surface area contributed by atoms with Crippen molar-refractivity contribution in [3.8, 4) is 0 Å². The van der Waals surface area contributed by atoms with Gasteiger partial charge in [-0.25, -0.2) is 4.79 Å². The number of hydrogen-bond acceptors (Lipinski definition) is 9. The van der Waals surface area contributed by atoms with Crippen LogP contribution >= 0.6 is 0 Å². The fourth-order valence-electron chi connectivity index (χ4n) is 3.42. The molecule has 2 atom stereocenters. The van der Waals surface area contributed by atoms with Gasteiger partial charge in [0, 0.05) is 37.8 Å². The predicted molar refractivity (Wildman–Crippen MR) is 139 cm³/mol. The zero-order chi connectivity index (χ0) is 24.1. The number of rotatable bonds is 9. The normalized spacial score (nSPS) is 13.6. The average Bonchev–Trinajstić information content (AvgIpc) is 2.75. The first-order valence-corrected chi connectivity index (χ1v) is 10.1. The molecular formula is C20H35N7O11. The van der Waals surface area contributed by atoms with Crippen molar-refractivity contribution in [3.63, 3.8) is 0 Å². The minimum absolute atomic E-state index is 0. The highest BCUT2D eigenvalue weighted by Gasteiger charge is 2.27. The monoisotopic (exact) mass is 549 g/mol. The highest BCUT2D eigenvalue weighted by molar-refractivity contribution is 5.97. The first kappa shape index (κ1) is 38.0. The van der Waals surface area contributed by atoms with Gasteiger partial charge in [0.25, 0.3) is 11.5 Å². The molecule has 3 rings (SSSR count). The molecule has 0 aliphatic carbocycles. The van der Waals surface area contributed by atoms with Gasteiger partial charge in [0.15, 0.2) is 5.82 Å². The number of benzene rings is 1. The number of carbonyl (C=O) groups is 3. The van der Waals surface area contributed by atoms with Crippen molar-refractivity contribution >= 4 is 41.0 Å². The summed E-state index contributed by atoms with van der Waals surface area (Å²) in [6, 6.07) is 5.03. The first-order valence-electron chi connectivity index (χ1n) is 10.1. The van der Waals surface area contributed by atoms with Gasteiger partial charge in [-0.2, -0.15) is 4.98 Å². The molecular weight excluding hydrogens is 514 g/mol. The van der Waals surface area contributed by atoms with E-state index in [2.05, 4.69) is 25.9 Å². The number of carboxylic acids is 2. The van der Waals surface area contributed by atoms with Crippen LogP contribution in [-0.4, -0.2) is 97.6 Å². The number of nitrogens with two attached hydrogens (primary N) is 1. The minimum Gasteiger partial charge on any atom is -0.481 e. The van der Waals surface area contributed by atoms with E-state index in [0.717, 1.165) is 5.69 Å². The summed E-state index contributed by atoms with van der Waals surface area (Å²) >= 11 is 0. The smallest absolute Gasteiger partial charge is 0.326 e. The van der Waals surface area contributed by atoms with E-state index in [1.54, 1.807) is 19.2 Å². The van der Waals surface area contributed by atoms with Crippen molar-refractivity contribution in [2.24, 2.45) is 0 Å². The van der Waals surface area contributed by atoms with E-state index < -0.39 is 23.9 Å². The maximum Gasteiger partial charge on any atom is 0.326 e. The summed E-state index contributed by atoms with van der Waals surface area (Å²) in [6.07, 6.45) is -0.586. The largest absolute Gasteiger partial charge is 0.481 e. The summed E-state index contributed by atoms with van der Waals surface area (Å²) in [4.78, 5) is 54.9. The summed E-state index contributed by atoms with van der Waals surface area (Å²) < 4.78 is 0. The molecule has 0 unspecified atom stereocenters. The fourth-order valence-corrected chi connectivity index (χ4v) is 3.42. The molecule has 18 nitrogen and oxygen atoms in total. The molecule has 0 radical (unpaired) electrons. The van der Waals surface area contributed by atoms with E-state index >= 15 is 0 Å². The van der Waals surface area contributed by atoms with Gasteiger partial charge in [0.2, 0.25) is 5.95 Å². The third kappa shape index (κ3) is 9.19. The minimum atomic E-state index is -1.30. The van der Waals surface area contributed by atoms with E-state index in [1.165, 1.54) is 12.1 Å². The fraction of sp³-hybridized carbons (Fsp3) is 0.350. The second-order valence-corrected chi connectivity index (χ2v) is 7.55. The number of H-pyrrole nitrogens is 1. The maximum absolute atomic E-state index is 12.3. The van der Waals surface area contributed by atoms with Crippen LogP contribution in [0.1, 0.15) is 23.2 Å². The molecule has 0 bridgehead atoms. The van der Waals surface area contributed by atoms with Crippen molar-refractivity contribution in [1.29, 1.82) is 0 Å². The molecule has 0 spiro atoms. The van der Waals surface area contributed by atoms with Crippen LogP contribution in [0.15, 0.2) is 29.1 Å². The predicted octanol–water partition coefficient (Wildman–Crippen LogP) is -4.38. The highest BCUT2D eigenvalue weighted by Crippen LogP contribution is 2.25. The van der Waals surface area contributed by atoms with Gasteiger partial charge in [-0.1, -0.05) is 0 Å². The zero-order valence-corrected chi connectivity index (χ0v) is 20.3. The van der Waals surface area contributed by atoms with Crippen molar-refractivity contribution in [1.82, 2.24) is 15.3 Å². The number of carboxylic acid groups (broad SMARTS) is 2. The summed E-state index contributed by atoms with van der Waals surface area (Å²) in [7, 11) is 1.79. The Morgan fingerprint density at radius 1 is 1.13 bits per heavy atom. The Labute approximate surface area is 215 Å². The van der Waals surface area contributed by atoms with Gasteiger partial charge in [-0.05, 0) is 30.7 Å². The van der Waals surface area contributed by atoms with Gasteiger partial charge in [-0.3, -0.25) is 19.4 Å². The molecule has 1 aliphatic rings. The van der Waals surface area contributed by atoms with Crippen LogP contribution < -0.4 is 32.1 Å². The molecule has 1 aromatic carbocycles. The Balaban J connectivity index is -0.00000245. The van der Waals surface area contributed by atoms with Crippen molar-refractivity contribution in [2.75, 3.05) is 41.4 Å². The van der Waals surface area contributed by atoms with Crippen LogP contribution in [0.25, 0.3) is 0 Å². The quantitative estimate of drug-likeness (QED) is 0.156. The lowest BCUT2D eigenvalue weighted by molar-refractivity contribution is -0.140. The molecule has 38 heavy (non-hydrogen) atoms. The lowest BCUT2D eigenvalue weighted by atomic mass is 10.1. The van der Waals surface area contributed by atoms with Crippen LogP contribution in [0.5, 0.6) is 0 Å². The number of aromatic nitrogens is 2. The maximum atomic E-state index is 12.3. The molecule has 0 saturated heterocycles. The Hall–Kier alpha value is -4.49. The van der Waals surface area contributed by atoms with E-state index in [4.69, 9.17) is 10.8 Å². The van der Waals surface area contributed by atoms with Gasteiger partial charge < -0.3 is 64.2 Å². The molecule has 1 aromatic heterocycles. The number of anilines is 4. The van der Waals surface area contributed by atoms with Crippen molar-refractivity contribution in [3.05, 3.63) is 40.2 Å². The Morgan fingerprint density at radius 2 is 1.74 bits per heavy atom. The number of nitrogens with one attached hydrogen (secondary N) is 4. The van der Waals surface area contributed by atoms with Crippen LogP contribution in [0.4, 0.5) is 23.1 Å². The lowest BCUT2D eigenvalue weighted by Gasteiger charge is -2.35. The second-order valence-electron chi connectivity index (χ2n) is 7.55. The summed E-state index contributed by atoms with van der Waals surface area (Å²) in [6.45, 7) is 1.01. The standard InChI is InChI=1S/C20H25N7O6.5H2O/c1-27-12(9-23-16-15(27)18(31)26-20(21)25-16)8-22-11-4-2-10(3-5-11)17(30)24-13(19(32)33)6-7-14(28)29;;;;;/h2-5,12-13,22H,6-9H2,1H3,(H,24,30)(H,28,29)(H,32,33)(H4,21,23,25,26,31);5*1H2/t12-,13-;;;;;/m0...../s1. The van der Waals surface area contributed by atoms with E-state index in [9.17, 15) is 24.3 Å². The molecule has 1 aliphatic heterocycles. The van der Waals surface area contributed by atoms with Crippen LogP contribution in [-0.2, 0) is 9.59 Å². The molecule has 18 heteroatoms. The topological polar surface area (TPSA) is 360 Å². The Kier molecular flexibility index (Phi) is 16.3. The Morgan fingerprint density at radius 3 is 2.29 bits per heavy atom. The first-order chi connectivity index (χ1) is 15.7. The molecule has 2 heterocycles. The molecule has 216 valence electrons. The van der Waals surface area contributed by atoms with Gasteiger partial charge >= 0.3 is 11.9 Å². The molecule has 1 amide bonds. The Bertz CT molecular complexity index is 1110. The van der Waals surface area contributed by atoms with Gasteiger partial charge in [0.1, 0.15) is 11.7 Å². The summed E-state index contributed by atoms with van der Waals surface area (Å²) in [5.74, 6) is -2.59. The number of nitrogens with zero attached hydrogens (tertiary/aromatic N) is 2. The molecule has 0 saturated carbocycles. The average molecular weight is 550 g/mol.